The molecule has 2 rings (SSSR count). The van der Waals surface area contributed by atoms with E-state index in [-0.39, 0.29) is 5.56 Å². The van der Waals surface area contributed by atoms with E-state index >= 15 is 0 Å². The molecular weight excluding hydrogens is 283 g/mol. The molecule has 0 aliphatic carbocycles. The van der Waals surface area contributed by atoms with Crippen molar-refractivity contribution in [1.29, 1.82) is 0 Å². The van der Waals surface area contributed by atoms with Gasteiger partial charge < -0.3 is 11.1 Å². The van der Waals surface area contributed by atoms with Crippen molar-refractivity contribution in [1.82, 2.24) is 5.32 Å². The maximum atomic E-state index is 12.9. The van der Waals surface area contributed by atoms with Crippen LogP contribution in [0.5, 0.6) is 0 Å². The van der Waals surface area contributed by atoms with E-state index in [0.29, 0.717) is 6.42 Å². The fourth-order valence-corrected chi connectivity index (χ4v) is 2.14. The Hall–Kier alpha value is -2.69. The van der Waals surface area contributed by atoms with E-state index in [1.165, 1.54) is 24.3 Å². The van der Waals surface area contributed by atoms with Gasteiger partial charge in [-0.25, -0.2) is 4.39 Å². The van der Waals surface area contributed by atoms with Crippen LogP contribution >= 0.6 is 0 Å². The topological polar surface area (TPSA) is 72.2 Å². The Morgan fingerprint density at radius 3 is 2.45 bits per heavy atom. The van der Waals surface area contributed by atoms with Gasteiger partial charge in [0.05, 0.1) is 0 Å². The monoisotopic (exact) mass is 300 g/mol. The number of carbonyl (C=O) groups is 2. The van der Waals surface area contributed by atoms with E-state index in [0.717, 1.165) is 11.1 Å². The summed E-state index contributed by atoms with van der Waals surface area (Å²) in [7, 11) is 0. The molecule has 0 aliphatic rings. The first-order valence-corrected chi connectivity index (χ1v) is 6.87. The molecule has 0 saturated heterocycles. The molecule has 0 spiro atoms. The zero-order valence-electron chi connectivity index (χ0n) is 12.2. The van der Waals surface area contributed by atoms with Crippen LogP contribution in [0.25, 0.3) is 0 Å². The molecule has 0 bridgehead atoms. The smallest absolute Gasteiger partial charge is 0.251 e. The number of amides is 2. The lowest BCUT2D eigenvalue weighted by Crippen LogP contribution is -2.45. The SMILES string of the molecule is Cc1cccc(C[C@@H](NC(=O)c2ccc(F)cc2)C(N)=O)c1. The summed E-state index contributed by atoms with van der Waals surface area (Å²) >= 11 is 0. The summed E-state index contributed by atoms with van der Waals surface area (Å²) in [5.74, 6) is -1.50. The van der Waals surface area contributed by atoms with Crippen molar-refractivity contribution in [2.24, 2.45) is 5.73 Å². The number of hydrogen-bond donors (Lipinski definition) is 2. The lowest BCUT2D eigenvalue weighted by Gasteiger charge is -2.16. The summed E-state index contributed by atoms with van der Waals surface area (Å²) in [6, 6.07) is 11.9. The Labute approximate surface area is 128 Å². The van der Waals surface area contributed by atoms with Crippen molar-refractivity contribution < 1.29 is 14.0 Å². The van der Waals surface area contributed by atoms with Gasteiger partial charge in [-0.05, 0) is 36.8 Å². The van der Waals surface area contributed by atoms with E-state index in [1.807, 2.05) is 31.2 Å². The molecule has 2 aromatic rings. The number of primary amides is 1. The molecule has 0 fully saturated rings. The minimum absolute atomic E-state index is 0.275. The zero-order chi connectivity index (χ0) is 16.1. The lowest BCUT2D eigenvalue weighted by atomic mass is 10.0. The van der Waals surface area contributed by atoms with E-state index in [2.05, 4.69) is 5.32 Å². The molecule has 114 valence electrons. The second kappa shape index (κ2) is 6.85. The van der Waals surface area contributed by atoms with Crippen molar-refractivity contribution in [3.05, 3.63) is 71.0 Å². The first-order valence-electron chi connectivity index (χ1n) is 6.87. The van der Waals surface area contributed by atoms with Crippen LogP contribution in [0, 0.1) is 12.7 Å². The van der Waals surface area contributed by atoms with Crippen LogP contribution in [0.2, 0.25) is 0 Å². The fraction of sp³-hybridized carbons (Fsp3) is 0.176. The molecule has 0 saturated carbocycles. The number of aryl methyl sites for hydroxylation is 1. The number of nitrogens with two attached hydrogens (primary N) is 1. The Kier molecular flexibility index (Phi) is 4.88. The highest BCUT2D eigenvalue weighted by molar-refractivity contribution is 5.97. The van der Waals surface area contributed by atoms with Crippen LogP contribution in [0.3, 0.4) is 0 Å². The molecule has 0 aromatic heterocycles. The molecule has 22 heavy (non-hydrogen) atoms. The molecule has 3 N–H and O–H groups in total. The van der Waals surface area contributed by atoms with Crippen LogP contribution < -0.4 is 11.1 Å². The first-order chi connectivity index (χ1) is 10.5. The standard InChI is InChI=1S/C17H17FN2O2/c1-11-3-2-4-12(9-11)10-15(16(19)21)20-17(22)13-5-7-14(18)8-6-13/h2-9,15H,10H2,1H3,(H2,19,21)(H,20,22)/t15-/m1/s1. The zero-order valence-corrected chi connectivity index (χ0v) is 12.2. The lowest BCUT2D eigenvalue weighted by molar-refractivity contribution is -0.119. The number of carbonyl (C=O) groups excluding carboxylic acids is 2. The Balaban J connectivity index is 2.10. The molecule has 0 aliphatic heterocycles. The van der Waals surface area contributed by atoms with Crippen molar-refractivity contribution >= 4 is 11.8 Å². The van der Waals surface area contributed by atoms with Gasteiger partial charge in [0.15, 0.2) is 0 Å². The van der Waals surface area contributed by atoms with Gasteiger partial charge in [-0.2, -0.15) is 0 Å². The summed E-state index contributed by atoms with van der Waals surface area (Å²) in [4.78, 5) is 23.6. The molecule has 0 unspecified atom stereocenters. The number of halogens is 1. The van der Waals surface area contributed by atoms with Gasteiger partial charge in [0.1, 0.15) is 11.9 Å². The average molecular weight is 300 g/mol. The highest BCUT2D eigenvalue weighted by Crippen LogP contribution is 2.08. The van der Waals surface area contributed by atoms with Crippen molar-refractivity contribution in [2.75, 3.05) is 0 Å². The highest BCUT2D eigenvalue weighted by Gasteiger charge is 2.19. The number of nitrogens with one attached hydrogen (secondary N) is 1. The molecule has 5 heteroatoms. The summed E-state index contributed by atoms with van der Waals surface area (Å²) in [5, 5.41) is 2.58. The number of rotatable bonds is 5. The maximum absolute atomic E-state index is 12.9. The maximum Gasteiger partial charge on any atom is 0.251 e. The van der Waals surface area contributed by atoms with Gasteiger partial charge in [0.25, 0.3) is 5.91 Å². The summed E-state index contributed by atoms with van der Waals surface area (Å²) < 4.78 is 12.9. The van der Waals surface area contributed by atoms with E-state index in [4.69, 9.17) is 5.73 Å². The Morgan fingerprint density at radius 1 is 1.18 bits per heavy atom. The van der Waals surface area contributed by atoms with Crippen LogP contribution in [0.4, 0.5) is 4.39 Å². The third-order valence-electron chi connectivity index (χ3n) is 3.28. The van der Waals surface area contributed by atoms with Crippen molar-refractivity contribution in [2.45, 2.75) is 19.4 Å². The quantitative estimate of drug-likeness (QED) is 0.886. The van der Waals surface area contributed by atoms with E-state index in [1.54, 1.807) is 0 Å². The number of benzene rings is 2. The van der Waals surface area contributed by atoms with Crippen LogP contribution in [0.15, 0.2) is 48.5 Å². The van der Waals surface area contributed by atoms with Gasteiger partial charge in [0, 0.05) is 12.0 Å². The molecule has 4 nitrogen and oxygen atoms in total. The minimum Gasteiger partial charge on any atom is -0.368 e. The van der Waals surface area contributed by atoms with Gasteiger partial charge >= 0.3 is 0 Å². The Morgan fingerprint density at radius 2 is 1.86 bits per heavy atom. The predicted molar refractivity (Wildman–Crippen MR) is 81.7 cm³/mol. The van der Waals surface area contributed by atoms with E-state index < -0.39 is 23.7 Å². The van der Waals surface area contributed by atoms with Gasteiger partial charge in [0.2, 0.25) is 5.91 Å². The van der Waals surface area contributed by atoms with Crippen molar-refractivity contribution in [3.63, 3.8) is 0 Å². The van der Waals surface area contributed by atoms with Crippen LogP contribution in [-0.4, -0.2) is 17.9 Å². The molecule has 0 radical (unpaired) electrons. The summed E-state index contributed by atoms with van der Waals surface area (Å²) in [6.07, 6.45) is 0.309. The van der Waals surface area contributed by atoms with Crippen LogP contribution in [0.1, 0.15) is 21.5 Å². The Bertz CT molecular complexity index is 683. The molecule has 0 heterocycles. The molecule has 1 atom stereocenters. The van der Waals surface area contributed by atoms with Gasteiger partial charge in [-0.1, -0.05) is 29.8 Å². The third-order valence-corrected chi connectivity index (χ3v) is 3.28. The predicted octanol–water partition coefficient (Wildman–Crippen LogP) is 1.96. The first kappa shape index (κ1) is 15.7. The summed E-state index contributed by atoms with van der Waals surface area (Å²) in [5.41, 5.74) is 7.60. The van der Waals surface area contributed by atoms with E-state index in [9.17, 15) is 14.0 Å². The summed E-state index contributed by atoms with van der Waals surface area (Å²) in [6.45, 7) is 1.94. The average Bonchev–Trinajstić information content (AvgIpc) is 2.47. The third kappa shape index (κ3) is 4.15. The fourth-order valence-electron chi connectivity index (χ4n) is 2.14. The molecule has 2 aromatic carbocycles. The number of hydrogen-bond acceptors (Lipinski definition) is 2. The minimum atomic E-state index is -0.820. The van der Waals surface area contributed by atoms with Gasteiger partial charge in [-0.15, -0.1) is 0 Å². The van der Waals surface area contributed by atoms with Gasteiger partial charge in [-0.3, -0.25) is 9.59 Å². The van der Waals surface area contributed by atoms with Crippen molar-refractivity contribution in [3.8, 4) is 0 Å². The molecular formula is C17H17FN2O2. The largest absolute Gasteiger partial charge is 0.368 e. The second-order valence-electron chi connectivity index (χ2n) is 5.13. The highest BCUT2D eigenvalue weighted by atomic mass is 19.1. The second-order valence-corrected chi connectivity index (χ2v) is 5.13. The normalized spacial score (nSPS) is 11.7. The molecule has 2 amide bonds. The van der Waals surface area contributed by atoms with Crippen LogP contribution in [-0.2, 0) is 11.2 Å².